The first-order chi connectivity index (χ1) is 20.3. The molecule has 1 heterocycles. The van der Waals surface area contributed by atoms with Crippen LogP contribution in [0, 0.1) is 6.92 Å². The molecule has 1 aliphatic rings. The number of aryl methyl sites for hydroxylation is 1. The number of urea groups is 1. The maximum Gasteiger partial charge on any atom is 0.335 e. The van der Waals surface area contributed by atoms with Gasteiger partial charge in [0, 0.05) is 16.7 Å². The molecule has 212 valence electrons. The second-order valence-corrected chi connectivity index (χ2v) is 9.98. The second-order valence-electron chi connectivity index (χ2n) is 9.54. The van der Waals surface area contributed by atoms with Crippen LogP contribution in [0.25, 0.3) is 6.08 Å². The van der Waals surface area contributed by atoms with Gasteiger partial charge in [0.2, 0.25) is 0 Å². The number of amides is 4. The zero-order chi connectivity index (χ0) is 29.6. The number of barbiturate groups is 1. The smallest absolute Gasteiger partial charge is 0.335 e. The molecule has 4 amide bonds. The van der Waals surface area contributed by atoms with Crippen molar-refractivity contribution in [2.24, 2.45) is 0 Å². The van der Waals surface area contributed by atoms with Crippen molar-refractivity contribution in [3.63, 3.8) is 0 Å². The van der Waals surface area contributed by atoms with Crippen LogP contribution in [-0.4, -0.2) is 25.0 Å². The number of hydrogen-bond acceptors (Lipinski definition) is 6. The lowest BCUT2D eigenvalue weighted by Gasteiger charge is -2.26. The lowest BCUT2D eigenvalue weighted by Crippen LogP contribution is -2.54. The lowest BCUT2D eigenvalue weighted by atomic mass is 10.1. The number of nitrogens with zero attached hydrogens (tertiary/aromatic N) is 1. The van der Waals surface area contributed by atoms with E-state index in [9.17, 15) is 14.4 Å². The van der Waals surface area contributed by atoms with Crippen LogP contribution < -0.4 is 24.4 Å². The fourth-order valence-corrected chi connectivity index (χ4v) is 4.34. The van der Waals surface area contributed by atoms with Gasteiger partial charge in [-0.1, -0.05) is 53.6 Å². The van der Waals surface area contributed by atoms with Crippen LogP contribution in [0.5, 0.6) is 17.2 Å². The largest absolute Gasteiger partial charge is 0.497 e. The SMILES string of the molecule is COc1ccc(/C=C2\C(=O)NC(=O)N(c3ccc(OCc4ccc(C)cc4)cc3)C2=O)c(OCc2ccc(Cl)cc2)c1. The minimum Gasteiger partial charge on any atom is -0.497 e. The van der Waals surface area contributed by atoms with Crippen molar-refractivity contribution in [1.29, 1.82) is 0 Å². The van der Waals surface area contributed by atoms with Crippen LogP contribution in [0.3, 0.4) is 0 Å². The Kier molecular flexibility index (Phi) is 8.55. The molecule has 9 heteroatoms. The average molecular weight is 583 g/mol. The maximum atomic E-state index is 13.5. The molecule has 0 unspecified atom stereocenters. The molecular weight excluding hydrogens is 556 g/mol. The van der Waals surface area contributed by atoms with Crippen LogP contribution in [-0.2, 0) is 22.8 Å². The van der Waals surface area contributed by atoms with E-state index in [4.69, 9.17) is 25.8 Å². The summed E-state index contributed by atoms with van der Waals surface area (Å²) in [6.45, 7) is 2.60. The summed E-state index contributed by atoms with van der Waals surface area (Å²) >= 11 is 5.98. The Balaban J connectivity index is 1.36. The van der Waals surface area contributed by atoms with Crippen LogP contribution in [0.15, 0.2) is 96.6 Å². The van der Waals surface area contributed by atoms with Crippen molar-refractivity contribution >= 4 is 41.2 Å². The molecule has 0 bridgehead atoms. The summed E-state index contributed by atoms with van der Waals surface area (Å²) in [6.07, 6.45) is 1.40. The highest BCUT2D eigenvalue weighted by Gasteiger charge is 2.37. The summed E-state index contributed by atoms with van der Waals surface area (Å²) in [5.74, 6) is -0.0906. The van der Waals surface area contributed by atoms with Gasteiger partial charge in [0.25, 0.3) is 11.8 Å². The Morgan fingerprint density at radius 2 is 1.40 bits per heavy atom. The predicted molar refractivity (Wildman–Crippen MR) is 160 cm³/mol. The Bertz CT molecular complexity index is 1650. The third kappa shape index (κ3) is 6.62. The molecule has 0 saturated carbocycles. The highest BCUT2D eigenvalue weighted by Crippen LogP contribution is 2.30. The van der Waals surface area contributed by atoms with Gasteiger partial charge in [-0.15, -0.1) is 0 Å². The van der Waals surface area contributed by atoms with Crippen LogP contribution >= 0.6 is 11.6 Å². The number of nitrogens with one attached hydrogen (secondary N) is 1. The number of ether oxygens (including phenoxy) is 3. The van der Waals surface area contributed by atoms with Crippen molar-refractivity contribution < 1.29 is 28.6 Å². The first-order valence-electron chi connectivity index (χ1n) is 13.1. The molecule has 0 spiro atoms. The Morgan fingerprint density at radius 3 is 2.07 bits per heavy atom. The first kappa shape index (κ1) is 28.4. The Morgan fingerprint density at radius 1 is 0.786 bits per heavy atom. The molecule has 1 aliphatic heterocycles. The summed E-state index contributed by atoms with van der Waals surface area (Å²) in [5, 5.41) is 2.86. The average Bonchev–Trinajstić information content (AvgIpc) is 2.99. The van der Waals surface area contributed by atoms with Crippen molar-refractivity contribution in [2.75, 3.05) is 12.0 Å². The number of halogens is 1. The summed E-state index contributed by atoms with van der Waals surface area (Å²) in [5.41, 5.74) is 3.56. The zero-order valence-corrected chi connectivity index (χ0v) is 23.7. The second kappa shape index (κ2) is 12.6. The van der Waals surface area contributed by atoms with E-state index in [1.54, 1.807) is 54.6 Å². The molecule has 0 radical (unpaired) electrons. The molecule has 4 aromatic rings. The summed E-state index contributed by atoms with van der Waals surface area (Å²) in [4.78, 5) is 39.9. The number of rotatable bonds is 9. The van der Waals surface area contributed by atoms with Gasteiger partial charge in [-0.25, -0.2) is 9.69 Å². The van der Waals surface area contributed by atoms with E-state index in [1.807, 2.05) is 43.3 Å². The van der Waals surface area contributed by atoms with Gasteiger partial charge >= 0.3 is 6.03 Å². The molecule has 1 saturated heterocycles. The quantitative estimate of drug-likeness (QED) is 0.179. The summed E-state index contributed by atoms with van der Waals surface area (Å²) < 4.78 is 17.2. The van der Waals surface area contributed by atoms with Gasteiger partial charge in [-0.2, -0.15) is 0 Å². The standard InChI is InChI=1S/C33H27ClN2O6/c1-21-3-5-22(6-4-21)19-41-27-15-12-26(13-16-27)36-32(38)29(31(37)35-33(36)39)17-24-9-14-28(40-2)18-30(24)42-20-23-7-10-25(34)11-8-23/h3-18H,19-20H2,1-2H3,(H,35,37,39)/b29-17+. The number of methoxy groups -OCH3 is 1. The van der Waals surface area contributed by atoms with Crippen molar-refractivity contribution in [1.82, 2.24) is 5.32 Å². The van der Waals surface area contributed by atoms with E-state index in [0.29, 0.717) is 34.4 Å². The monoisotopic (exact) mass is 582 g/mol. The molecule has 8 nitrogen and oxygen atoms in total. The molecule has 42 heavy (non-hydrogen) atoms. The number of imide groups is 2. The van der Waals surface area contributed by atoms with E-state index in [0.717, 1.165) is 21.6 Å². The van der Waals surface area contributed by atoms with Crippen LogP contribution in [0.2, 0.25) is 5.02 Å². The maximum absolute atomic E-state index is 13.5. The Labute approximate surface area is 248 Å². The number of carbonyl (C=O) groups is 3. The van der Waals surface area contributed by atoms with Crippen LogP contribution in [0.4, 0.5) is 10.5 Å². The minimum atomic E-state index is -0.843. The molecule has 5 rings (SSSR count). The van der Waals surface area contributed by atoms with Gasteiger partial charge in [-0.05, 0) is 72.7 Å². The van der Waals surface area contributed by atoms with E-state index in [-0.39, 0.29) is 17.9 Å². The van der Waals surface area contributed by atoms with Crippen molar-refractivity contribution in [3.05, 3.63) is 124 Å². The predicted octanol–water partition coefficient (Wildman–Crippen LogP) is 6.48. The molecule has 0 aliphatic carbocycles. The molecular formula is C33H27ClN2O6. The first-order valence-corrected chi connectivity index (χ1v) is 13.4. The van der Waals surface area contributed by atoms with E-state index < -0.39 is 17.8 Å². The topological polar surface area (TPSA) is 94.2 Å². The fourth-order valence-electron chi connectivity index (χ4n) is 4.22. The molecule has 4 aromatic carbocycles. The van der Waals surface area contributed by atoms with Gasteiger partial charge in [-0.3, -0.25) is 14.9 Å². The van der Waals surface area contributed by atoms with Gasteiger partial charge in [0.1, 0.15) is 36.0 Å². The van der Waals surface area contributed by atoms with Crippen LogP contribution in [0.1, 0.15) is 22.3 Å². The fraction of sp³-hybridized carbons (Fsp3) is 0.121. The molecule has 1 N–H and O–H groups in total. The number of benzene rings is 4. The third-order valence-electron chi connectivity index (χ3n) is 6.55. The van der Waals surface area contributed by atoms with Crippen molar-refractivity contribution in [2.45, 2.75) is 20.1 Å². The minimum absolute atomic E-state index is 0.212. The highest BCUT2D eigenvalue weighted by molar-refractivity contribution is 6.39. The number of hydrogen-bond donors (Lipinski definition) is 1. The van der Waals surface area contributed by atoms with E-state index in [2.05, 4.69) is 5.32 Å². The number of carbonyl (C=O) groups excluding carboxylic acids is 3. The number of anilines is 1. The van der Waals surface area contributed by atoms with Gasteiger partial charge in [0.15, 0.2) is 0 Å². The van der Waals surface area contributed by atoms with E-state index in [1.165, 1.54) is 13.2 Å². The lowest BCUT2D eigenvalue weighted by molar-refractivity contribution is -0.122. The molecule has 0 aromatic heterocycles. The van der Waals surface area contributed by atoms with Gasteiger partial charge < -0.3 is 14.2 Å². The summed E-state index contributed by atoms with van der Waals surface area (Å²) in [6, 6.07) is 25.9. The normalized spacial score (nSPS) is 14.1. The highest BCUT2D eigenvalue weighted by atomic mass is 35.5. The Hall–Kier alpha value is -5.08. The third-order valence-corrected chi connectivity index (χ3v) is 6.80. The zero-order valence-electron chi connectivity index (χ0n) is 22.9. The summed E-state index contributed by atoms with van der Waals surface area (Å²) in [7, 11) is 1.52. The van der Waals surface area contributed by atoms with E-state index >= 15 is 0 Å². The van der Waals surface area contributed by atoms with Crippen molar-refractivity contribution in [3.8, 4) is 17.2 Å². The van der Waals surface area contributed by atoms with Gasteiger partial charge in [0.05, 0.1) is 12.8 Å². The molecule has 1 fully saturated rings. The molecule has 0 atom stereocenters.